The number of piperidine rings is 2. The van der Waals surface area contributed by atoms with Gasteiger partial charge in [-0.3, -0.25) is 0 Å². The van der Waals surface area contributed by atoms with Gasteiger partial charge in [0.25, 0.3) is 0 Å². The van der Waals surface area contributed by atoms with E-state index in [-0.39, 0.29) is 24.8 Å². The van der Waals surface area contributed by atoms with E-state index >= 15 is 0 Å². The number of hydrogen-bond donors (Lipinski definition) is 1. The summed E-state index contributed by atoms with van der Waals surface area (Å²) in [5.74, 6) is 0. The Balaban J connectivity index is 1.35. The first-order valence-electron chi connectivity index (χ1n) is 10.8. The molecule has 0 spiro atoms. The van der Waals surface area contributed by atoms with E-state index < -0.39 is 5.60 Å². The summed E-state index contributed by atoms with van der Waals surface area (Å²) in [6, 6.07) is 18.1. The van der Waals surface area contributed by atoms with Crippen LogP contribution in [0.25, 0.3) is 10.9 Å². The van der Waals surface area contributed by atoms with Crippen LogP contribution in [-0.4, -0.2) is 32.8 Å². The number of fused-ring (bicyclic) bond motifs is 3. The molecule has 0 saturated carbocycles. The molecule has 2 atom stereocenters. The third-order valence-electron chi connectivity index (χ3n) is 6.85. The summed E-state index contributed by atoms with van der Waals surface area (Å²) in [6.07, 6.45) is 5.81. The Morgan fingerprint density at radius 3 is 2.57 bits per heavy atom. The fourth-order valence-electron chi connectivity index (χ4n) is 5.33. The molecular formula is C25H28N2O3. The second kappa shape index (κ2) is 7.47. The Labute approximate surface area is 176 Å². The van der Waals surface area contributed by atoms with Gasteiger partial charge in [-0.25, -0.2) is 4.79 Å². The number of rotatable bonds is 3. The minimum Gasteiger partial charge on any atom is -0.445 e. The maximum Gasteiger partial charge on any atom is 0.410 e. The predicted molar refractivity (Wildman–Crippen MR) is 116 cm³/mol. The molecule has 2 fully saturated rings. The third-order valence-corrected chi connectivity index (χ3v) is 6.85. The van der Waals surface area contributed by atoms with Crippen LogP contribution in [0.5, 0.6) is 0 Å². The molecule has 1 N–H and O–H groups in total. The summed E-state index contributed by atoms with van der Waals surface area (Å²) in [5.41, 5.74) is 2.19. The number of carbonyl (C=O) groups is 1. The maximum atomic E-state index is 12.9. The number of aliphatic hydroxyl groups is 1. The molecule has 0 radical (unpaired) electrons. The standard InChI is InChI=1S/C25H28N2O3/c1-26-13-12-19-14-20(10-11-23(19)26)25(29)15-21-8-5-9-22(16-25)27(21)24(28)30-17-18-6-3-2-4-7-18/h2-4,6-7,10-14,21-22,29H,5,8-9,15-17H2,1H3. The number of hydrogen-bond acceptors (Lipinski definition) is 3. The molecule has 2 bridgehead atoms. The van der Waals surface area contributed by atoms with Crippen molar-refractivity contribution in [1.29, 1.82) is 0 Å². The number of nitrogens with zero attached hydrogens (tertiary/aromatic N) is 2. The molecule has 2 aliphatic heterocycles. The molecule has 30 heavy (non-hydrogen) atoms. The van der Waals surface area contributed by atoms with Crippen LogP contribution in [0.4, 0.5) is 4.79 Å². The van der Waals surface area contributed by atoms with Crippen molar-refractivity contribution in [3.8, 4) is 0 Å². The van der Waals surface area contributed by atoms with Gasteiger partial charge in [0.1, 0.15) is 6.61 Å². The first-order chi connectivity index (χ1) is 14.5. The molecule has 2 unspecified atom stereocenters. The Hall–Kier alpha value is -2.79. The van der Waals surface area contributed by atoms with E-state index in [1.807, 2.05) is 54.5 Å². The summed E-state index contributed by atoms with van der Waals surface area (Å²) >= 11 is 0. The van der Waals surface area contributed by atoms with E-state index in [4.69, 9.17) is 4.74 Å². The largest absolute Gasteiger partial charge is 0.445 e. The summed E-state index contributed by atoms with van der Waals surface area (Å²) in [5, 5.41) is 12.8. The smallest absolute Gasteiger partial charge is 0.410 e. The van der Waals surface area contributed by atoms with Crippen LogP contribution in [0.15, 0.2) is 60.8 Å². The minimum absolute atomic E-state index is 0.0113. The Morgan fingerprint density at radius 1 is 1.10 bits per heavy atom. The lowest BCUT2D eigenvalue weighted by Gasteiger charge is -2.51. The van der Waals surface area contributed by atoms with E-state index in [1.165, 1.54) is 0 Å². The van der Waals surface area contributed by atoms with E-state index in [0.717, 1.165) is 41.3 Å². The van der Waals surface area contributed by atoms with Gasteiger partial charge in [-0.2, -0.15) is 0 Å². The van der Waals surface area contributed by atoms with Crippen LogP contribution >= 0.6 is 0 Å². The lowest BCUT2D eigenvalue weighted by atomic mass is 9.72. The normalized spacial score (nSPS) is 26.0. The number of benzene rings is 2. The molecule has 5 heteroatoms. The molecular weight excluding hydrogens is 376 g/mol. The predicted octanol–water partition coefficient (Wildman–Crippen LogP) is 4.72. The number of aryl methyl sites for hydroxylation is 1. The Kier molecular flexibility index (Phi) is 4.78. The van der Waals surface area contributed by atoms with E-state index in [0.29, 0.717) is 12.8 Å². The van der Waals surface area contributed by atoms with Crippen molar-refractivity contribution in [1.82, 2.24) is 9.47 Å². The average Bonchev–Trinajstić information content (AvgIpc) is 3.12. The summed E-state index contributed by atoms with van der Waals surface area (Å²) in [6.45, 7) is 0.282. The van der Waals surface area contributed by atoms with Crippen molar-refractivity contribution < 1.29 is 14.6 Å². The summed E-state index contributed by atoms with van der Waals surface area (Å²) < 4.78 is 7.73. The topological polar surface area (TPSA) is 54.7 Å². The fraction of sp³-hybridized carbons (Fsp3) is 0.400. The molecule has 5 rings (SSSR count). The maximum absolute atomic E-state index is 12.9. The van der Waals surface area contributed by atoms with Gasteiger partial charge in [0.15, 0.2) is 0 Å². The van der Waals surface area contributed by atoms with Crippen LogP contribution in [0.3, 0.4) is 0 Å². The van der Waals surface area contributed by atoms with Crippen molar-refractivity contribution in [3.05, 3.63) is 71.9 Å². The fourth-order valence-corrected chi connectivity index (χ4v) is 5.33. The van der Waals surface area contributed by atoms with Crippen LogP contribution < -0.4 is 0 Å². The Bertz CT molecular complexity index is 1040. The van der Waals surface area contributed by atoms with Crippen LogP contribution in [-0.2, 0) is 24.0 Å². The van der Waals surface area contributed by atoms with Gasteiger partial charge in [0, 0.05) is 43.7 Å². The molecule has 1 aromatic heterocycles. The zero-order valence-electron chi connectivity index (χ0n) is 17.3. The molecule has 156 valence electrons. The summed E-state index contributed by atoms with van der Waals surface area (Å²) in [4.78, 5) is 14.8. The van der Waals surface area contributed by atoms with Crippen LogP contribution in [0.2, 0.25) is 0 Å². The van der Waals surface area contributed by atoms with E-state index in [1.54, 1.807) is 0 Å². The lowest BCUT2D eigenvalue weighted by Crippen LogP contribution is -2.58. The van der Waals surface area contributed by atoms with Crippen molar-refractivity contribution >= 4 is 17.0 Å². The summed E-state index contributed by atoms with van der Waals surface area (Å²) in [7, 11) is 2.03. The average molecular weight is 405 g/mol. The molecule has 2 saturated heterocycles. The quantitative estimate of drug-likeness (QED) is 0.687. The highest BCUT2D eigenvalue weighted by molar-refractivity contribution is 5.81. The van der Waals surface area contributed by atoms with E-state index in [2.05, 4.69) is 22.8 Å². The molecule has 2 aliphatic rings. The van der Waals surface area contributed by atoms with Crippen molar-refractivity contribution in [2.24, 2.45) is 7.05 Å². The molecule has 5 nitrogen and oxygen atoms in total. The number of aromatic nitrogens is 1. The molecule has 2 aromatic carbocycles. The molecule has 3 aromatic rings. The molecule has 0 aliphatic carbocycles. The SMILES string of the molecule is Cn1ccc2cc(C3(O)CC4CCCC(C3)N4C(=O)OCc3ccccc3)ccc21. The van der Waals surface area contributed by atoms with Crippen molar-refractivity contribution in [2.75, 3.05) is 0 Å². The first-order valence-corrected chi connectivity index (χ1v) is 10.8. The van der Waals surface area contributed by atoms with Gasteiger partial charge < -0.3 is 19.3 Å². The van der Waals surface area contributed by atoms with Gasteiger partial charge in [-0.15, -0.1) is 0 Å². The lowest BCUT2D eigenvalue weighted by molar-refractivity contribution is -0.0895. The van der Waals surface area contributed by atoms with E-state index in [9.17, 15) is 9.90 Å². The van der Waals surface area contributed by atoms with Crippen molar-refractivity contribution in [3.63, 3.8) is 0 Å². The highest BCUT2D eigenvalue weighted by Crippen LogP contribution is 2.45. The third kappa shape index (κ3) is 3.37. The Morgan fingerprint density at radius 2 is 1.83 bits per heavy atom. The molecule has 1 amide bonds. The second-order valence-corrected chi connectivity index (χ2v) is 8.83. The number of carbonyl (C=O) groups excluding carboxylic acids is 1. The highest BCUT2D eigenvalue weighted by atomic mass is 16.6. The first kappa shape index (κ1) is 19.2. The number of ether oxygens (including phenoxy) is 1. The second-order valence-electron chi connectivity index (χ2n) is 8.83. The number of amides is 1. The van der Waals surface area contributed by atoms with Crippen LogP contribution in [0, 0.1) is 0 Å². The van der Waals surface area contributed by atoms with Gasteiger partial charge in [-0.1, -0.05) is 36.4 Å². The highest BCUT2D eigenvalue weighted by Gasteiger charge is 2.48. The minimum atomic E-state index is -0.907. The van der Waals surface area contributed by atoms with Gasteiger partial charge in [-0.05, 0) is 54.0 Å². The van der Waals surface area contributed by atoms with Gasteiger partial charge in [0.05, 0.1) is 5.60 Å². The van der Waals surface area contributed by atoms with Gasteiger partial charge in [0.2, 0.25) is 0 Å². The van der Waals surface area contributed by atoms with Gasteiger partial charge >= 0.3 is 6.09 Å². The monoisotopic (exact) mass is 404 g/mol. The van der Waals surface area contributed by atoms with Crippen molar-refractivity contribution in [2.45, 2.75) is 56.4 Å². The molecule has 3 heterocycles. The zero-order valence-corrected chi connectivity index (χ0v) is 17.3. The van der Waals surface area contributed by atoms with Crippen LogP contribution in [0.1, 0.15) is 43.2 Å². The zero-order chi connectivity index (χ0) is 20.7.